The van der Waals surface area contributed by atoms with E-state index in [2.05, 4.69) is 19.1 Å². The van der Waals surface area contributed by atoms with E-state index < -0.39 is 0 Å². The van der Waals surface area contributed by atoms with Crippen molar-refractivity contribution in [2.75, 3.05) is 0 Å². The molecule has 14 heavy (non-hydrogen) atoms. The summed E-state index contributed by atoms with van der Waals surface area (Å²) in [6.07, 6.45) is 9.33. The molecule has 1 aromatic rings. The summed E-state index contributed by atoms with van der Waals surface area (Å²) in [6.45, 7) is 2.22. The van der Waals surface area contributed by atoms with Crippen LogP contribution in [0.15, 0.2) is 30.3 Å². The highest BCUT2D eigenvalue weighted by atomic mass is 35.5. The first-order chi connectivity index (χ1) is 6.84. The second kappa shape index (κ2) is 6.67. The maximum atomic E-state index is 6.01. The molecule has 0 atom stereocenters. The van der Waals surface area contributed by atoms with Crippen LogP contribution in [-0.2, 0) is 0 Å². The van der Waals surface area contributed by atoms with Crippen molar-refractivity contribution in [3.8, 4) is 0 Å². The average molecular weight is 209 g/mol. The molecule has 0 aliphatic rings. The largest absolute Gasteiger partial charge is 0.0839 e. The number of hydrogen-bond acceptors (Lipinski definition) is 0. The van der Waals surface area contributed by atoms with E-state index in [0.717, 1.165) is 17.0 Å². The molecule has 0 aliphatic heterocycles. The lowest BCUT2D eigenvalue weighted by Gasteiger charge is -1.96. The Bertz CT molecular complexity index is 289. The van der Waals surface area contributed by atoms with Gasteiger partial charge in [-0.25, -0.2) is 0 Å². The van der Waals surface area contributed by atoms with Crippen molar-refractivity contribution in [1.29, 1.82) is 0 Å². The minimum absolute atomic E-state index is 0.833. The zero-order valence-corrected chi connectivity index (χ0v) is 9.43. The van der Waals surface area contributed by atoms with Gasteiger partial charge in [0, 0.05) is 5.02 Å². The SMILES string of the molecule is CCCCC/C=C/c1ccccc1Cl. The van der Waals surface area contributed by atoms with Crippen LogP contribution >= 0.6 is 11.6 Å². The fourth-order valence-electron chi connectivity index (χ4n) is 1.33. The second-order valence-electron chi connectivity index (χ2n) is 3.42. The van der Waals surface area contributed by atoms with Crippen molar-refractivity contribution in [1.82, 2.24) is 0 Å². The molecule has 0 heterocycles. The van der Waals surface area contributed by atoms with Gasteiger partial charge in [-0.15, -0.1) is 0 Å². The molecule has 0 radical (unpaired) electrons. The van der Waals surface area contributed by atoms with Gasteiger partial charge in [0.15, 0.2) is 0 Å². The summed E-state index contributed by atoms with van der Waals surface area (Å²) in [5.41, 5.74) is 1.12. The van der Waals surface area contributed by atoms with Crippen LogP contribution in [0, 0.1) is 0 Å². The monoisotopic (exact) mass is 208 g/mol. The van der Waals surface area contributed by atoms with Gasteiger partial charge >= 0.3 is 0 Å². The molecule has 0 saturated carbocycles. The highest BCUT2D eigenvalue weighted by Crippen LogP contribution is 2.16. The van der Waals surface area contributed by atoms with Crippen LogP contribution in [0.2, 0.25) is 5.02 Å². The summed E-state index contributed by atoms with van der Waals surface area (Å²) >= 11 is 6.01. The molecule has 0 unspecified atom stereocenters. The number of hydrogen-bond donors (Lipinski definition) is 0. The predicted octanol–water partition coefficient (Wildman–Crippen LogP) is 4.93. The molecule has 0 amide bonds. The Kier molecular flexibility index (Phi) is 5.39. The van der Waals surface area contributed by atoms with E-state index in [9.17, 15) is 0 Å². The minimum atomic E-state index is 0.833. The van der Waals surface area contributed by atoms with Gasteiger partial charge in [0.2, 0.25) is 0 Å². The molecule has 0 saturated heterocycles. The normalized spacial score (nSPS) is 11.0. The summed E-state index contributed by atoms with van der Waals surface area (Å²) in [6, 6.07) is 7.93. The third-order valence-electron chi connectivity index (χ3n) is 2.18. The number of rotatable bonds is 5. The first-order valence-electron chi connectivity index (χ1n) is 5.25. The van der Waals surface area contributed by atoms with E-state index in [0.29, 0.717) is 0 Å². The molecule has 0 N–H and O–H groups in total. The fourth-order valence-corrected chi connectivity index (χ4v) is 1.53. The zero-order valence-electron chi connectivity index (χ0n) is 8.67. The van der Waals surface area contributed by atoms with Gasteiger partial charge in [-0.3, -0.25) is 0 Å². The number of allylic oxidation sites excluding steroid dienone is 1. The van der Waals surface area contributed by atoms with Gasteiger partial charge in [0.25, 0.3) is 0 Å². The Balaban J connectivity index is 2.40. The first kappa shape index (κ1) is 11.3. The van der Waals surface area contributed by atoms with Crippen molar-refractivity contribution < 1.29 is 0 Å². The van der Waals surface area contributed by atoms with Gasteiger partial charge in [-0.1, -0.05) is 61.7 Å². The van der Waals surface area contributed by atoms with Crippen molar-refractivity contribution >= 4 is 17.7 Å². The zero-order chi connectivity index (χ0) is 10.2. The fraction of sp³-hybridized carbons (Fsp3) is 0.385. The highest BCUT2D eigenvalue weighted by Gasteiger charge is 1.92. The van der Waals surface area contributed by atoms with Crippen molar-refractivity contribution in [3.63, 3.8) is 0 Å². The van der Waals surface area contributed by atoms with Crippen molar-refractivity contribution in [3.05, 3.63) is 40.9 Å². The van der Waals surface area contributed by atoms with E-state index in [4.69, 9.17) is 11.6 Å². The van der Waals surface area contributed by atoms with E-state index >= 15 is 0 Å². The smallest absolute Gasteiger partial charge is 0.0478 e. The minimum Gasteiger partial charge on any atom is -0.0839 e. The number of benzene rings is 1. The van der Waals surface area contributed by atoms with Crippen LogP contribution in [0.25, 0.3) is 6.08 Å². The third-order valence-corrected chi connectivity index (χ3v) is 2.52. The van der Waals surface area contributed by atoms with Crippen molar-refractivity contribution in [2.45, 2.75) is 32.6 Å². The highest BCUT2D eigenvalue weighted by molar-refractivity contribution is 6.32. The molecule has 0 aromatic heterocycles. The molecule has 0 spiro atoms. The van der Waals surface area contributed by atoms with Crippen molar-refractivity contribution in [2.24, 2.45) is 0 Å². The van der Waals surface area contributed by atoms with Crippen LogP contribution in [-0.4, -0.2) is 0 Å². The summed E-state index contributed by atoms with van der Waals surface area (Å²) < 4.78 is 0. The standard InChI is InChI=1S/C13H17Cl/c1-2-3-4-5-6-9-12-10-7-8-11-13(12)14/h6-11H,2-5H2,1H3/b9-6+. The molecule has 0 bridgehead atoms. The molecular formula is C13H17Cl. The van der Waals surface area contributed by atoms with Gasteiger partial charge in [0.05, 0.1) is 0 Å². The van der Waals surface area contributed by atoms with Crippen LogP contribution in [0.5, 0.6) is 0 Å². The second-order valence-corrected chi connectivity index (χ2v) is 3.83. The van der Waals surface area contributed by atoms with E-state index in [1.165, 1.54) is 19.3 Å². The lowest BCUT2D eigenvalue weighted by atomic mass is 10.1. The molecule has 0 fully saturated rings. The van der Waals surface area contributed by atoms with Gasteiger partial charge in [-0.2, -0.15) is 0 Å². The molecule has 76 valence electrons. The van der Waals surface area contributed by atoms with Crippen LogP contribution in [0.4, 0.5) is 0 Å². The molecule has 1 rings (SSSR count). The predicted molar refractivity (Wildman–Crippen MR) is 64.6 cm³/mol. The third kappa shape index (κ3) is 3.97. The number of halogens is 1. The summed E-state index contributed by atoms with van der Waals surface area (Å²) in [5.74, 6) is 0. The molecule has 0 aliphatic carbocycles. The first-order valence-corrected chi connectivity index (χ1v) is 5.63. The average Bonchev–Trinajstić information content (AvgIpc) is 2.20. The van der Waals surface area contributed by atoms with E-state index in [-0.39, 0.29) is 0 Å². The van der Waals surface area contributed by atoms with Gasteiger partial charge < -0.3 is 0 Å². The van der Waals surface area contributed by atoms with E-state index in [1.54, 1.807) is 0 Å². The Morgan fingerprint density at radius 1 is 1.21 bits per heavy atom. The number of unbranched alkanes of at least 4 members (excludes halogenated alkanes) is 3. The van der Waals surface area contributed by atoms with E-state index in [1.807, 2.05) is 24.3 Å². The lowest BCUT2D eigenvalue weighted by molar-refractivity contribution is 0.730. The molecule has 1 aromatic carbocycles. The Morgan fingerprint density at radius 2 is 2.00 bits per heavy atom. The van der Waals surface area contributed by atoms with Crippen LogP contribution in [0.1, 0.15) is 38.2 Å². The molecule has 1 heteroatoms. The summed E-state index contributed by atoms with van der Waals surface area (Å²) in [7, 11) is 0. The molecule has 0 nitrogen and oxygen atoms in total. The Hall–Kier alpha value is -0.750. The van der Waals surface area contributed by atoms with Gasteiger partial charge in [-0.05, 0) is 24.5 Å². The van der Waals surface area contributed by atoms with Gasteiger partial charge in [0.1, 0.15) is 0 Å². The lowest BCUT2D eigenvalue weighted by Crippen LogP contribution is -1.74. The summed E-state index contributed by atoms with van der Waals surface area (Å²) in [4.78, 5) is 0. The maximum absolute atomic E-state index is 6.01. The van der Waals surface area contributed by atoms with Crippen LogP contribution in [0.3, 0.4) is 0 Å². The molecular weight excluding hydrogens is 192 g/mol. The Morgan fingerprint density at radius 3 is 2.71 bits per heavy atom. The summed E-state index contributed by atoms with van der Waals surface area (Å²) in [5, 5.41) is 0.833. The maximum Gasteiger partial charge on any atom is 0.0478 e. The van der Waals surface area contributed by atoms with Crippen LogP contribution < -0.4 is 0 Å². The topological polar surface area (TPSA) is 0 Å². The Labute approximate surface area is 91.6 Å². The quantitative estimate of drug-likeness (QED) is 0.602.